The van der Waals surface area contributed by atoms with Crippen molar-refractivity contribution in [3.05, 3.63) is 34.6 Å². The van der Waals surface area contributed by atoms with E-state index in [9.17, 15) is 4.79 Å². The molecule has 1 aromatic heterocycles. The summed E-state index contributed by atoms with van der Waals surface area (Å²) in [5.74, 6) is 0.304. The van der Waals surface area contributed by atoms with E-state index in [4.69, 9.17) is 11.0 Å². The molecule has 126 valence electrons. The van der Waals surface area contributed by atoms with E-state index in [0.29, 0.717) is 23.4 Å². The van der Waals surface area contributed by atoms with Crippen LogP contribution < -0.4 is 27.0 Å². The number of hydrazine groups is 1. The van der Waals surface area contributed by atoms with Crippen molar-refractivity contribution in [3.63, 3.8) is 0 Å². The number of hydrogen-bond acceptors (Lipinski definition) is 7. The Bertz CT molecular complexity index is 812. The molecule has 5 N–H and O–H groups in total. The Morgan fingerprint density at radius 3 is 2.96 bits per heavy atom. The maximum atomic E-state index is 12.1. The number of nitriles is 1. The second-order valence-electron chi connectivity index (χ2n) is 6.05. The fourth-order valence-corrected chi connectivity index (χ4v) is 2.96. The fraction of sp³-hybridized carbons (Fsp3) is 0.438. The zero-order valence-corrected chi connectivity index (χ0v) is 13.5. The Balaban J connectivity index is 1.62. The average Bonchev–Trinajstić information content (AvgIpc) is 2.94. The number of benzene rings is 1. The highest BCUT2D eigenvalue weighted by Gasteiger charge is 2.32. The first-order valence-electron chi connectivity index (χ1n) is 7.96. The van der Waals surface area contributed by atoms with Gasteiger partial charge in [0.1, 0.15) is 0 Å². The lowest BCUT2D eigenvalue weighted by molar-refractivity contribution is 0.463. The third-order valence-corrected chi connectivity index (χ3v) is 4.38. The Morgan fingerprint density at radius 2 is 2.17 bits per heavy atom. The van der Waals surface area contributed by atoms with Crippen molar-refractivity contribution < 1.29 is 0 Å². The first kappa shape index (κ1) is 16.4. The first-order valence-corrected chi connectivity index (χ1v) is 7.96. The molecule has 24 heavy (non-hydrogen) atoms. The smallest absolute Gasteiger partial charge is 0.260 e. The van der Waals surface area contributed by atoms with Crippen LogP contribution in [0.1, 0.15) is 12.8 Å². The zero-order chi connectivity index (χ0) is 17.1. The molecular weight excluding hydrogens is 306 g/mol. The molecule has 0 radical (unpaired) electrons. The van der Waals surface area contributed by atoms with Crippen LogP contribution in [0.2, 0.25) is 0 Å². The maximum Gasteiger partial charge on any atom is 0.260 e. The summed E-state index contributed by atoms with van der Waals surface area (Å²) in [4.78, 5) is 21.3. The number of nitrogens with one attached hydrogen (secondary N) is 3. The number of anilines is 1. The summed E-state index contributed by atoms with van der Waals surface area (Å²) >= 11 is 0. The Hall–Kier alpha value is -2.47. The summed E-state index contributed by atoms with van der Waals surface area (Å²) in [5.41, 5.74) is 12.3. The van der Waals surface area contributed by atoms with Crippen LogP contribution in [0.15, 0.2) is 29.1 Å². The molecular formula is C16H21N7O. The highest BCUT2D eigenvalue weighted by Crippen LogP contribution is 2.16. The first-order chi connectivity index (χ1) is 11.6. The predicted octanol–water partition coefficient (Wildman–Crippen LogP) is 0.0405. The minimum Gasteiger partial charge on any atom is -0.345 e. The molecule has 3 rings (SSSR count). The molecule has 2 heterocycles. The number of aromatic amines is 1. The lowest BCUT2D eigenvalue weighted by Crippen LogP contribution is -2.38. The van der Waals surface area contributed by atoms with E-state index in [1.807, 2.05) is 30.1 Å². The van der Waals surface area contributed by atoms with Crippen molar-refractivity contribution >= 4 is 16.9 Å². The van der Waals surface area contributed by atoms with Gasteiger partial charge in [0.15, 0.2) is 0 Å². The van der Waals surface area contributed by atoms with Crippen molar-refractivity contribution in [2.45, 2.75) is 25.0 Å². The maximum absolute atomic E-state index is 12.1. The van der Waals surface area contributed by atoms with E-state index in [1.165, 1.54) is 0 Å². The molecule has 8 nitrogen and oxygen atoms in total. The molecule has 0 amide bonds. The molecule has 0 saturated carbocycles. The summed E-state index contributed by atoms with van der Waals surface area (Å²) in [5, 5.41) is 9.74. The van der Waals surface area contributed by atoms with Gasteiger partial charge >= 0.3 is 0 Å². The lowest BCUT2D eigenvalue weighted by Gasteiger charge is -2.19. The number of para-hydroxylation sites is 1. The van der Waals surface area contributed by atoms with Gasteiger partial charge in [-0.05, 0) is 25.0 Å². The summed E-state index contributed by atoms with van der Waals surface area (Å²) in [6.07, 6.45) is 1.31. The second-order valence-corrected chi connectivity index (χ2v) is 6.05. The van der Waals surface area contributed by atoms with Crippen LogP contribution in [0.25, 0.3) is 10.9 Å². The van der Waals surface area contributed by atoms with Crippen molar-refractivity contribution in [2.24, 2.45) is 11.7 Å². The van der Waals surface area contributed by atoms with Gasteiger partial charge in [0.2, 0.25) is 5.95 Å². The highest BCUT2D eigenvalue weighted by atomic mass is 16.1. The Morgan fingerprint density at radius 1 is 1.38 bits per heavy atom. The molecule has 3 unspecified atom stereocenters. The largest absolute Gasteiger partial charge is 0.345 e. The normalized spacial score (nSPS) is 23.3. The molecule has 1 aromatic carbocycles. The fourth-order valence-electron chi connectivity index (χ4n) is 2.96. The molecule has 1 aliphatic rings. The van der Waals surface area contributed by atoms with Gasteiger partial charge in [-0.1, -0.05) is 12.1 Å². The summed E-state index contributed by atoms with van der Waals surface area (Å²) in [6.45, 7) is 0.715. The molecule has 0 bridgehead atoms. The van der Waals surface area contributed by atoms with Gasteiger partial charge in [-0.15, -0.1) is 0 Å². The molecule has 2 aromatic rings. The lowest BCUT2D eigenvalue weighted by atomic mass is 9.97. The minimum absolute atomic E-state index is 0.0296. The van der Waals surface area contributed by atoms with Crippen LogP contribution in [0.3, 0.4) is 0 Å². The third-order valence-electron chi connectivity index (χ3n) is 4.38. The summed E-state index contributed by atoms with van der Waals surface area (Å²) < 4.78 is 0. The molecule has 1 fully saturated rings. The molecule has 3 atom stereocenters. The Kier molecular flexibility index (Phi) is 4.76. The van der Waals surface area contributed by atoms with Crippen LogP contribution in [-0.4, -0.2) is 35.8 Å². The van der Waals surface area contributed by atoms with Crippen molar-refractivity contribution in [1.82, 2.24) is 20.8 Å². The van der Waals surface area contributed by atoms with Gasteiger partial charge in [-0.25, -0.2) is 10.4 Å². The SMILES string of the molecule is CN(CCCC1NNC(N)C1C#N)c1nc2ccccc2c(=O)[nH]1. The van der Waals surface area contributed by atoms with Crippen LogP contribution in [-0.2, 0) is 0 Å². The number of fused-ring (bicyclic) bond motifs is 1. The van der Waals surface area contributed by atoms with Gasteiger partial charge in [-0.2, -0.15) is 5.26 Å². The van der Waals surface area contributed by atoms with Crippen molar-refractivity contribution in [3.8, 4) is 6.07 Å². The number of nitrogens with zero attached hydrogens (tertiary/aromatic N) is 3. The number of nitrogens with two attached hydrogens (primary N) is 1. The standard InChI is InChI=1S/C16H21N7O/c1-23(8-4-7-13-11(9-17)14(18)22-21-13)16-19-12-6-3-2-5-10(12)15(24)20-16/h2-3,5-6,11,13-14,21-22H,4,7-8,18H2,1H3,(H,19,20,24). The molecule has 0 spiro atoms. The third kappa shape index (κ3) is 3.23. The van der Waals surface area contributed by atoms with E-state index < -0.39 is 0 Å². The average molecular weight is 327 g/mol. The van der Waals surface area contributed by atoms with Crippen LogP contribution in [0.4, 0.5) is 5.95 Å². The van der Waals surface area contributed by atoms with Crippen molar-refractivity contribution in [2.75, 3.05) is 18.5 Å². The van der Waals surface area contributed by atoms with Gasteiger partial charge < -0.3 is 10.6 Å². The van der Waals surface area contributed by atoms with Crippen molar-refractivity contribution in [1.29, 1.82) is 5.26 Å². The van der Waals surface area contributed by atoms with E-state index in [1.54, 1.807) is 6.07 Å². The number of rotatable bonds is 5. The molecule has 1 saturated heterocycles. The number of hydrogen-bond donors (Lipinski definition) is 4. The van der Waals surface area contributed by atoms with E-state index >= 15 is 0 Å². The minimum atomic E-state index is -0.337. The monoisotopic (exact) mass is 327 g/mol. The zero-order valence-electron chi connectivity index (χ0n) is 13.5. The van der Waals surface area contributed by atoms with Gasteiger partial charge in [0.25, 0.3) is 5.56 Å². The van der Waals surface area contributed by atoms with Crippen LogP contribution >= 0.6 is 0 Å². The highest BCUT2D eigenvalue weighted by molar-refractivity contribution is 5.78. The van der Waals surface area contributed by atoms with Gasteiger partial charge in [-0.3, -0.25) is 15.2 Å². The van der Waals surface area contributed by atoms with Gasteiger partial charge in [0.05, 0.1) is 29.1 Å². The molecule has 0 aliphatic carbocycles. The Labute approximate surface area is 139 Å². The van der Waals surface area contributed by atoms with E-state index in [-0.39, 0.29) is 23.7 Å². The predicted molar refractivity (Wildman–Crippen MR) is 92.0 cm³/mol. The summed E-state index contributed by atoms with van der Waals surface area (Å²) in [7, 11) is 1.89. The van der Waals surface area contributed by atoms with Crippen LogP contribution in [0.5, 0.6) is 0 Å². The van der Waals surface area contributed by atoms with E-state index in [0.717, 1.165) is 12.8 Å². The molecule has 1 aliphatic heterocycles. The topological polar surface area (TPSA) is 123 Å². The number of H-pyrrole nitrogens is 1. The van der Waals surface area contributed by atoms with Crippen LogP contribution in [0, 0.1) is 17.2 Å². The molecule has 8 heteroatoms. The second kappa shape index (κ2) is 6.97. The quantitative estimate of drug-likeness (QED) is 0.611. The number of aromatic nitrogens is 2. The van der Waals surface area contributed by atoms with E-state index in [2.05, 4.69) is 26.9 Å². The summed E-state index contributed by atoms with van der Waals surface area (Å²) in [6, 6.07) is 9.54. The van der Waals surface area contributed by atoms with Gasteiger partial charge in [0, 0.05) is 19.6 Å².